The fourth-order valence-corrected chi connectivity index (χ4v) is 20.7. The predicted molar refractivity (Wildman–Crippen MR) is 112 cm³/mol. The molecule has 142 valence electrons. The summed E-state index contributed by atoms with van der Waals surface area (Å²) in [6.07, 6.45) is 12.4. The van der Waals surface area contributed by atoms with Crippen LogP contribution in [0.2, 0.25) is 13.1 Å². The number of hydrogen-bond acceptors (Lipinski definition) is 0. The van der Waals surface area contributed by atoms with Crippen LogP contribution in [-0.2, 0) is 20.4 Å². The molecule has 0 saturated heterocycles. The van der Waals surface area contributed by atoms with Gasteiger partial charge >= 0.3 is 166 Å². The van der Waals surface area contributed by atoms with Gasteiger partial charge in [0, 0.05) is 0 Å². The molecule has 0 unspecified atom stereocenters. The first-order chi connectivity index (χ1) is 12.7. The Morgan fingerprint density at radius 3 is 1.39 bits per heavy atom. The maximum Gasteiger partial charge on any atom is -1.00 e. The molecular formula is C24H24Cl2SiZr. The molecule has 0 heterocycles. The monoisotopic (exact) mass is 500 g/mol. The van der Waals surface area contributed by atoms with E-state index in [1.807, 2.05) is 0 Å². The van der Waals surface area contributed by atoms with Crippen LogP contribution in [-0.4, -0.2) is 5.43 Å². The third kappa shape index (κ3) is 5.16. The van der Waals surface area contributed by atoms with E-state index in [9.17, 15) is 0 Å². The van der Waals surface area contributed by atoms with Crippen molar-refractivity contribution in [1.29, 1.82) is 0 Å². The fraction of sp³-hybridized carbons (Fsp3) is 0.167. The van der Waals surface area contributed by atoms with E-state index in [2.05, 4.69) is 98.1 Å². The van der Waals surface area contributed by atoms with E-state index in [0.29, 0.717) is 0 Å². The van der Waals surface area contributed by atoms with Gasteiger partial charge in [0.1, 0.15) is 0 Å². The van der Waals surface area contributed by atoms with Gasteiger partial charge in [-0.1, -0.05) is 0 Å². The van der Waals surface area contributed by atoms with Crippen molar-refractivity contribution in [3.05, 3.63) is 103 Å². The molecule has 0 fully saturated rings. The number of allylic oxidation sites excluding steroid dienone is 8. The summed E-state index contributed by atoms with van der Waals surface area (Å²) >= 11 is -1.70. The zero-order chi connectivity index (χ0) is 17.9. The molecule has 0 N–H and O–H groups in total. The van der Waals surface area contributed by atoms with Gasteiger partial charge in [0.05, 0.1) is 0 Å². The molecule has 2 aromatic rings. The van der Waals surface area contributed by atoms with Gasteiger partial charge in [0.2, 0.25) is 0 Å². The van der Waals surface area contributed by atoms with E-state index in [1.54, 1.807) is 6.56 Å². The van der Waals surface area contributed by atoms with E-state index in [4.69, 9.17) is 0 Å². The van der Waals surface area contributed by atoms with Gasteiger partial charge < -0.3 is 24.8 Å². The molecule has 0 nitrogen and oxygen atoms in total. The first-order valence-corrected chi connectivity index (χ1v) is 18.0. The molecule has 28 heavy (non-hydrogen) atoms. The summed E-state index contributed by atoms with van der Waals surface area (Å²) in [5.41, 5.74) is 5.37. The molecule has 0 aliphatic heterocycles. The van der Waals surface area contributed by atoms with Crippen LogP contribution >= 0.6 is 0 Å². The topological polar surface area (TPSA) is 0 Å². The summed E-state index contributed by atoms with van der Waals surface area (Å²) in [6.45, 7) is 5.09. The Morgan fingerprint density at radius 1 is 0.643 bits per heavy atom. The first-order valence-electron chi connectivity index (χ1n) is 9.33. The smallest absolute Gasteiger partial charge is 1.00 e. The molecule has 4 rings (SSSR count). The summed E-state index contributed by atoms with van der Waals surface area (Å²) in [4.78, 5) is 0. The molecule has 0 atom stereocenters. The van der Waals surface area contributed by atoms with E-state index in [-0.39, 0.29) is 30.2 Å². The standard InChI is InChI=1S/2C11H9.C2H6Si.2ClH.Zr/c2*1-2-6-10(7-3-1)11-8-4-5-9-11;1-3-2;;;/h2*1-3,6-9H,4H2;1-2H3;2*1H;/q;;;;;+2/p-2. The van der Waals surface area contributed by atoms with Crippen LogP contribution in [0.3, 0.4) is 0 Å². The maximum atomic E-state index is 2.54. The summed E-state index contributed by atoms with van der Waals surface area (Å²) in [5.74, 6) is 0. The summed E-state index contributed by atoms with van der Waals surface area (Å²) in [5, 5.41) is 0. The zero-order valence-electron chi connectivity index (χ0n) is 16.3. The molecule has 0 saturated carbocycles. The number of benzene rings is 2. The quantitative estimate of drug-likeness (QED) is 0.538. The molecule has 2 aliphatic rings. The van der Waals surface area contributed by atoms with Crippen molar-refractivity contribution in [3.63, 3.8) is 0 Å². The molecule has 2 aliphatic carbocycles. The Kier molecular flexibility index (Phi) is 8.96. The van der Waals surface area contributed by atoms with Crippen molar-refractivity contribution in [3.8, 4) is 0 Å². The molecule has 0 amide bonds. The number of rotatable bonds is 4. The largest absolute Gasteiger partial charge is 1.00 e. The molecule has 0 bridgehead atoms. The molecule has 0 radical (unpaired) electrons. The van der Waals surface area contributed by atoms with Crippen LogP contribution in [0.1, 0.15) is 24.0 Å². The summed E-state index contributed by atoms with van der Waals surface area (Å²) < 4.78 is 3.61. The Labute approximate surface area is 189 Å². The Hall–Kier alpha value is -0.920. The minimum Gasteiger partial charge on any atom is -1.00 e. The third-order valence-electron chi connectivity index (χ3n) is 5.10. The van der Waals surface area contributed by atoms with Crippen LogP contribution < -0.4 is 24.8 Å². The summed E-state index contributed by atoms with van der Waals surface area (Å²) in [6, 6.07) is 21.7. The molecule has 0 aromatic heterocycles. The van der Waals surface area contributed by atoms with Crippen molar-refractivity contribution in [2.45, 2.75) is 25.9 Å². The van der Waals surface area contributed by atoms with Gasteiger partial charge in [-0.2, -0.15) is 0 Å². The third-order valence-corrected chi connectivity index (χ3v) is 22.1. The molecule has 2 aromatic carbocycles. The second-order valence-corrected chi connectivity index (χ2v) is 24.5. The van der Waals surface area contributed by atoms with Crippen molar-refractivity contribution in [1.82, 2.24) is 0 Å². The van der Waals surface area contributed by atoms with Gasteiger partial charge in [-0.25, -0.2) is 0 Å². The molecule has 0 spiro atoms. The second-order valence-electron chi connectivity index (χ2n) is 7.17. The van der Waals surface area contributed by atoms with Crippen molar-refractivity contribution >= 4 is 16.6 Å². The Morgan fingerprint density at radius 2 is 1.04 bits per heavy atom. The summed E-state index contributed by atoms with van der Waals surface area (Å²) in [7, 11) is 0. The van der Waals surface area contributed by atoms with Crippen molar-refractivity contribution < 1.29 is 45.2 Å². The van der Waals surface area contributed by atoms with Gasteiger partial charge in [0.15, 0.2) is 0 Å². The van der Waals surface area contributed by atoms with Crippen LogP contribution in [0.4, 0.5) is 0 Å². The normalized spacial score (nSPS) is 14.5. The van der Waals surface area contributed by atoms with E-state index < -0.39 is 20.4 Å². The molecular weight excluding hydrogens is 478 g/mol. The fourth-order valence-electron chi connectivity index (χ4n) is 3.91. The van der Waals surface area contributed by atoms with Crippen molar-refractivity contribution in [2.24, 2.45) is 0 Å². The van der Waals surface area contributed by atoms with Crippen LogP contribution in [0.5, 0.6) is 0 Å². The van der Waals surface area contributed by atoms with Gasteiger partial charge in [0.25, 0.3) is 0 Å². The first kappa shape index (κ1) is 23.4. The number of halogens is 2. The SMILES string of the molecule is C[Si](C)=[Zr+2]([C]1=CC(c2ccccc2)=CC1)[C]1=CC(c2ccccc2)=CC1.[Cl-].[Cl-]. The van der Waals surface area contributed by atoms with Crippen LogP contribution in [0, 0.1) is 0 Å². The van der Waals surface area contributed by atoms with E-state index >= 15 is 0 Å². The van der Waals surface area contributed by atoms with Crippen molar-refractivity contribution in [2.75, 3.05) is 0 Å². The Bertz CT molecular complexity index is 904. The van der Waals surface area contributed by atoms with Crippen LogP contribution in [0.25, 0.3) is 11.1 Å². The van der Waals surface area contributed by atoms with Crippen LogP contribution in [0.15, 0.2) is 91.5 Å². The average molecular weight is 503 g/mol. The van der Waals surface area contributed by atoms with E-state index in [1.165, 1.54) is 35.1 Å². The maximum absolute atomic E-state index is 2.54. The number of hydrogen-bond donors (Lipinski definition) is 0. The Balaban J connectivity index is 0.00000140. The van der Waals surface area contributed by atoms with Gasteiger partial charge in [-0.15, -0.1) is 0 Å². The minimum absolute atomic E-state index is 0. The predicted octanol–water partition coefficient (Wildman–Crippen LogP) is 0.606. The molecule has 4 heteroatoms. The minimum atomic E-state index is -1.70. The zero-order valence-corrected chi connectivity index (χ0v) is 21.2. The second kappa shape index (κ2) is 10.7. The van der Waals surface area contributed by atoms with E-state index in [0.717, 1.165) is 0 Å². The average Bonchev–Trinajstić information content (AvgIpc) is 3.34. The van der Waals surface area contributed by atoms with Gasteiger partial charge in [-0.3, -0.25) is 0 Å². The van der Waals surface area contributed by atoms with Gasteiger partial charge in [-0.05, 0) is 0 Å².